The number of benzene rings is 3. The number of H-pyrrole nitrogens is 1. The van der Waals surface area contributed by atoms with Crippen LogP contribution in [0.4, 0.5) is 5.69 Å². The number of halogens is 1. The van der Waals surface area contributed by atoms with Crippen molar-refractivity contribution in [3.63, 3.8) is 0 Å². The Bertz CT molecular complexity index is 1620. The van der Waals surface area contributed by atoms with Crippen molar-refractivity contribution in [1.29, 1.82) is 0 Å². The lowest BCUT2D eigenvalue weighted by Gasteiger charge is -2.36. The molecule has 1 N–H and O–H groups in total. The Labute approximate surface area is 222 Å². The van der Waals surface area contributed by atoms with Crippen LogP contribution in [0.15, 0.2) is 65.5 Å². The number of amides is 1. The molecule has 4 aromatic rings. The summed E-state index contributed by atoms with van der Waals surface area (Å²) in [5.74, 6) is 1.12. The normalized spacial score (nSPS) is 14.8. The fourth-order valence-corrected chi connectivity index (χ4v) is 5.19. The maximum atomic E-state index is 13.2. The number of aromatic nitrogens is 2. The molecule has 1 fully saturated rings. The number of carbonyl (C=O) groups excluding carboxylic acids is 1. The molecule has 0 radical (unpaired) electrons. The molecule has 10 heteroatoms. The molecule has 8 nitrogen and oxygen atoms in total. The molecule has 6 rings (SSSR count). The summed E-state index contributed by atoms with van der Waals surface area (Å²) in [5.41, 5.74) is 2.94. The minimum atomic E-state index is -0.213. The molecule has 3 aromatic carbocycles. The molecule has 3 heterocycles. The molecule has 1 saturated heterocycles. The summed E-state index contributed by atoms with van der Waals surface area (Å²) in [4.78, 5) is 33.5. The minimum absolute atomic E-state index is 0.00599. The SMILES string of the molecule is O=C(c1ccc(Cn2c(=S)[nH]c3cc4c(cc3c2=O)OCO4)cc1)N1CCN(c2cccc(Cl)c2)CC1. The number of fused-ring (bicyclic) bond motifs is 2. The lowest BCUT2D eigenvalue weighted by atomic mass is 10.1. The summed E-state index contributed by atoms with van der Waals surface area (Å²) in [6.45, 7) is 3.16. The van der Waals surface area contributed by atoms with Crippen molar-refractivity contribution in [2.75, 3.05) is 37.9 Å². The number of anilines is 1. The third-order valence-corrected chi connectivity index (χ3v) is 7.31. The van der Waals surface area contributed by atoms with E-state index in [1.165, 1.54) is 4.57 Å². The van der Waals surface area contributed by atoms with Crippen LogP contribution in [0.3, 0.4) is 0 Å². The summed E-state index contributed by atoms with van der Waals surface area (Å²) in [7, 11) is 0. The Hall–Kier alpha value is -3.82. The van der Waals surface area contributed by atoms with Crippen LogP contribution in [0.25, 0.3) is 10.9 Å². The average Bonchev–Trinajstić information content (AvgIpc) is 3.38. The third kappa shape index (κ3) is 4.56. The van der Waals surface area contributed by atoms with E-state index in [0.29, 0.717) is 50.8 Å². The van der Waals surface area contributed by atoms with E-state index in [2.05, 4.69) is 9.88 Å². The minimum Gasteiger partial charge on any atom is -0.454 e. The van der Waals surface area contributed by atoms with E-state index in [4.69, 9.17) is 33.3 Å². The Morgan fingerprint density at radius 3 is 2.43 bits per heavy atom. The van der Waals surface area contributed by atoms with Crippen LogP contribution < -0.4 is 19.9 Å². The van der Waals surface area contributed by atoms with Crippen LogP contribution in [0.5, 0.6) is 11.5 Å². The van der Waals surface area contributed by atoms with E-state index >= 15 is 0 Å². The maximum absolute atomic E-state index is 13.2. The molecule has 37 heavy (non-hydrogen) atoms. The highest BCUT2D eigenvalue weighted by atomic mass is 35.5. The summed E-state index contributed by atoms with van der Waals surface area (Å²) in [6.07, 6.45) is 0. The van der Waals surface area contributed by atoms with E-state index in [0.717, 1.165) is 24.3 Å². The van der Waals surface area contributed by atoms with Crippen molar-refractivity contribution < 1.29 is 14.3 Å². The average molecular weight is 535 g/mol. The van der Waals surface area contributed by atoms with Gasteiger partial charge in [0.15, 0.2) is 16.3 Å². The number of hydrogen-bond donors (Lipinski definition) is 1. The number of nitrogens with zero attached hydrogens (tertiary/aromatic N) is 3. The van der Waals surface area contributed by atoms with Gasteiger partial charge in [0.2, 0.25) is 6.79 Å². The molecule has 1 aromatic heterocycles. The van der Waals surface area contributed by atoms with Gasteiger partial charge < -0.3 is 24.3 Å². The first-order valence-electron chi connectivity index (χ1n) is 11.9. The molecule has 0 atom stereocenters. The summed E-state index contributed by atoms with van der Waals surface area (Å²) < 4.78 is 12.6. The Balaban J connectivity index is 1.16. The lowest BCUT2D eigenvalue weighted by Crippen LogP contribution is -2.48. The zero-order valence-electron chi connectivity index (χ0n) is 19.8. The number of piperazine rings is 1. The standard InChI is InChI=1S/C27H23ClN4O4S/c28-19-2-1-3-20(12-19)30-8-10-31(11-9-30)25(33)18-6-4-17(5-7-18)15-32-26(34)21-13-23-24(36-16-35-23)14-22(21)29-27(32)37/h1-7,12-14H,8-11,15-16H2,(H,29,37). The van der Waals surface area contributed by atoms with Gasteiger partial charge in [-0.3, -0.25) is 14.2 Å². The third-order valence-electron chi connectivity index (χ3n) is 6.76. The van der Waals surface area contributed by atoms with Gasteiger partial charge in [-0.2, -0.15) is 0 Å². The van der Waals surface area contributed by atoms with Crippen LogP contribution in [0.1, 0.15) is 15.9 Å². The van der Waals surface area contributed by atoms with Crippen molar-refractivity contribution in [2.45, 2.75) is 6.54 Å². The smallest absolute Gasteiger partial charge is 0.262 e. The largest absolute Gasteiger partial charge is 0.454 e. The monoisotopic (exact) mass is 534 g/mol. The quantitative estimate of drug-likeness (QED) is 0.390. The highest BCUT2D eigenvalue weighted by Crippen LogP contribution is 2.34. The van der Waals surface area contributed by atoms with Crippen molar-refractivity contribution >= 4 is 46.3 Å². The molecular weight excluding hydrogens is 512 g/mol. The van der Waals surface area contributed by atoms with Crippen molar-refractivity contribution in [2.24, 2.45) is 0 Å². The zero-order valence-corrected chi connectivity index (χ0v) is 21.3. The highest BCUT2D eigenvalue weighted by molar-refractivity contribution is 7.71. The van der Waals surface area contributed by atoms with Gasteiger partial charge in [0.25, 0.3) is 11.5 Å². The van der Waals surface area contributed by atoms with E-state index in [1.807, 2.05) is 41.3 Å². The van der Waals surface area contributed by atoms with E-state index in [9.17, 15) is 9.59 Å². The molecule has 0 spiro atoms. The number of ether oxygens (including phenoxy) is 2. The first kappa shape index (κ1) is 23.6. The second kappa shape index (κ2) is 9.57. The first-order valence-corrected chi connectivity index (χ1v) is 12.7. The van der Waals surface area contributed by atoms with Gasteiger partial charge in [-0.1, -0.05) is 29.8 Å². The number of hydrogen-bond acceptors (Lipinski definition) is 6. The van der Waals surface area contributed by atoms with Gasteiger partial charge in [0.1, 0.15) is 0 Å². The topological polar surface area (TPSA) is 79.8 Å². The predicted molar refractivity (Wildman–Crippen MR) is 145 cm³/mol. The van der Waals surface area contributed by atoms with Gasteiger partial charge in [-0.15, -0.1) is 0 Å². The summed E-state index contributed by atoms with van der Waals surface area (Å²) >= 11 is 11.6. The predicted octanol–water partition coefficient (Wildman–Crippen LogP) is 4.45. The van der Waals surface area contributed by atoms with Crippen molar-refractivity contribution in [1.82, 2.24) is 14.5 Å². The lowest BCUT2D eigenvalue weighted by molar-refractivity contribution is 0.0746. The highest BCUT2D eigenvalue weighted by Gasteiger charge is 2.23. The maximum Gasteiger partial charge on any atom is 0.262 e. The van der Waals surface area contributed by atoms with E-state index < -0.39 is 0 Å². The molecule has 1 amide bonds. The molecule has 0 bridgehead atoms. The van der Waals surface area contributed by atoms with Crippen LogP contribution in [-0.4, -0.2) is 53.3 Å². The van der Waals surface area contributed by atoms with E-state index in [1.54, 1.807) is 24.3 Å². The molecule has 0 saturated carbocycles. The molecule has 188 valence electrons. The van der Waals surface area contributed by atoms with Crippen LogP contribution in [0.2, 0.25) is 5.02 Å². The Kier molecular flexibility index (Phi) is 6.10. The molecule has 0 aliphatic carbocycles. The van der Waals surface area contributed by atoms with Crippen LogP contribution in [-0.2, 0) is 6.54 Å². The number of aromatic amines is 1. The number of nitrogens with one attached hydrogen (secondary N) is 1. The van der Waals surface area contributed by atoms with Crippen LogP contribution >= 0.6 is 23.8 Å². The van der Waals surface area contributed by atoms with Gasteiger partial charge in [-0.05, 0) is 54.2 Å². The molecule has 2 aliphatic rings. The summed E-state index contributed by atoms with van der Waals surface area (Å²) in [5, 5.41) is 1.18. The van der Waals surface area contributed by atoms with E-state index in [-0.39, 0.29) is 24.8 Å². The second-order valence-corrected chi connectivity index (χ2v) is 9.85. The zero-order chi connectivity index (χ0) is 25.5. The molecule has 2 aliphatic heterocycles. The number of rotatable bonds is 4. The molecule has 0 unspecified atom stereocenters. The number of carbonyl (C=O) groups is 1. The first-order chi connectivity index (χ1) is 18.0. The Morgan fingerprint density at radius 1 is 0.973 bits per heavy atom. The molecular formula is C27H23ClN4O4S. The van der Waals surface area contributed by atoms with Gasteiger partial charge in [0, 0.05) is 48.5 Å². The van der Waals surface area contributed by atoms with Gasteiger partial charge in [0.05, 0.1) is 17.4 Å². The van der Waals surface area contributed by atoms with Crippen LogP contribution in [0, 0.1) is 4.77 Å². The van der Waals surface area contributed by atoms with Gasteiger partial charge in [-0.25, -0.2) is 0 Å². The Morgan fingerprint density at radius 2 is 1.70 bits per heavy atom. The summed E-state index contributed by atoms with van der Waals surface area (Å²) in [6, 6.07) is 18.5. The van der Waals surface area contributed by atoms with Crippen molar-refractivity contribution in [3.05, 3.63) is 91.9 Å². The fraction of sp³-hybridized carbons (Fsp3) is 0.222. The van der Waals surface area contributed by atoms with Crippen molar-refractivity contribution in [3.8, 4) is 11.5 Å². The van der Waals surface area contributed by atoms with Gasteiger partial charge >= 0.3 is 0 Å². The fourth-order valence-electron chi connectivity index (χ4n) is 4.74. The second-order valence-electron chi connectivity index (χ2n) is 9.03.